The summed E-state index contributed by atoms with van der Waals surface area (Å²) in [6.07, 6.45) is 3.90. The largest absolute Gasteiger partial charge is 0.435 e. The molecule has 7 heteroatoms. The second-order valence-electron chi connectivity index (χ2n) is 3.57. The van der Waals surface area contributed by atoms with E-state index < -0.39 is 15.4 Å². The van der Waals surface area contributed by atoms with Crippen molar-refractivity contribution in [2.75, 3.05) is 6.26 Å². The number of hydrogen-bond donors (Lipinski definition) is 1. The zero-order valence-electron chi connectivity index (χ0n) is 9.45. The standard InChI is InChI=1S/C11H10N2O4S/c1-18(15,16)9-4-2-8(3-5-9)17-11-10(14)12-6-7-13-11/h2-7H,1H3,(H,12,14). The molecule has 0 fully saturated rings. The Labute approximate surface area is 103 Å². The van der Waals surface area contributed by atoms with Crippen LogP contribution in [0.5, 0.6) is 11.6 Å². The molecule has 2 rings (SSSR count). The fourth-order valence-electron chi connectivity index (χ4n) is 1.28. The molecule has 0 unspecified atom stereocenters. The Hall–Kier alpha value is -2.15. The van der Waals surface area contributed by atoms with Crippen molar-refractivity contribution in [2.24, 2.45) is 0 Å². The molecular weight excluding hydrogens is 256 g/mol. The number of benzene rings is 1. The Kier molecular flexibility index (Phi) is 3.15. The lowest BCUT2D eigenvalue weighted by Gasteiger charge is -2.04. The van der Waals surface area contributed by atoms with Crippen LogP contribution in [0, 0.1) is 0 Å². The van der Waals surface area contributed by atoms with E-state index in [1.807, 2.05) is 0 Å². The fourth-order valence-corrected chi connectivity index (χ4v) is 1.91. The highest BCUT2D eigenvalue weighted by atomic mass is 32.2. The molecular formula is C11H10N2O4S. The van der Waals surface area contributed by atoms with E-state index in [1.54, 1.807) is 0 Å². The molecule has 0 saturated heterocycles. The zero-order valence-corrected chi connectivity index (χ0v) is 10.3. The van der Waals surface area contributed by atoms with Crippen molar-refractivity contribution in [2.45, 2.75) is 4.90 Å². The molecule has 0 aliphatic heterocycles. The molecule has 1 heterocycles. The molecule has 1 aromatic carbocycles. The molecule has 0 bridgehead atoms. The van der Waals surface area contributed by atoms with Gasteiger partial charge in [-0.1, -0.05) is 0 Å². The number of hydrogen-bond acceptors (Lipinski definition) is 5. The summed E-state index contributed by atoms with van der Waals surface area (Å²) in [6.45, 7) is 0. The third-order valence-corrected chi connectivity index (χ3v) is 3.27. The Morgan fingerprint density at radius 1 is 1.22 bits per heavy atom. The quantitative estimate of drug-likeness (QED) is 0.894. The zero-order chi connectivity index (χ0) is 13.2. The van der Waals surface area contributed by atoms with Crippen molar-refractivity contribution >= 4 is 9.84 Å². The summed E-state index contributed by atoms with van der Waals surface area (Å²) in [5.41, 5.74) is -0.454. The van der Waals surface area contributed by atoms with Crippen molar-refractivity contribution in [1.29, 1.82) is 0 Å². The van der Waals surface area contributed by atoms with E-state index in [4.69, 9.17) is 4.74 Å². The van der Waals surface area contributed by atoms with Gasteiger partial charge in [-0.3, -0.25) is 4.79 Å². The van der Waals surface area contributed by atoms with Crippen molar-refractivity contribution in [3.8, 4) is 11.6 Å². The highest BCUT2D eigenvalue weighted by molar-refractivity contribution is 7.90. The van der Waals surface area contributed by atoms with Gasteiger partial charge in [-0.15, -0.1) is 0 Å². The monoisotopic (exact) mass is 266 g/mol. The molecule has 1 N–H and O–H groups in total. The number of nitrogens with zero attached hydrogens (tertiary/aromatic N) is 1. The molecule has 18 heavy (non-hydrogen) atoms. The van der Waals surface area contributed by atoms with Gasteiger partial charge in [0.25, 0.3) is 5.88 Å². The van der Waals surface area contributed by atoms with Gasteiger partial charge in [0.2, 0.25) is 0 Å². The molecule has 0 saturated carbocycles. The van der Waals surface area contributed by atoms with Gasteiger partial charge in [-0.2, -0.15) is 0 Å². The van der Waals surface area contributed by atoms with Crippen LogP contribution in [0.25, 0.3) is 0 Å². The van der Waals surface area contributed by atoms with Crippen molar-refractivity contribution < 1.29 is 13.2 Å². The first-order valence-electron chi connectivity index (χ1n) is 4.98. The minimum Gasteiger partial charge on any atom is -0.435 e. The van der Waals surface area contributed by atoms with Gasteiger partial charge < -0.3 is 9.72 Å². The topological polar surface area (TPSA) is 89.1 Å². The fraction of sp³-hybridized carbons (Fsp3) is 0.0909. The predicted octanol–water partition coefficient (Wildman–Crippen LogP) is 0.966. The van der Waals surface area contributed by atoms with E-state index in [1.165, 1.54) is 36.7 Å². The third kappa shape index (κ3) is 2.75. The van der Waals surface area contributed by atoms with Gasteiger partial charge in [0.05, 0.1) is 4.90 Å². The van der Waals surface area contributed by atoms with Gasteiger partial charge in [-0.05, 0) is 24.3 Å². The second-order valence-corrected chi connectivity index (χ2v) is 5.58. The summed E-state index contributed by atoms with van der Waals surface area (Å²) in [5, 5.41) is 0. The van der Waals surface area contributed by atoms with E-state index in [9.17, 15) is 13.2 Å². The molecule has 0 aliphatic carbocycles. The van der Waals surface area contributed by atoms with Crippen LogP contribution in [0.4, 0.5) is 0 Å². The first kappa shape index (κ1) is 12.3. The number of nitrogens with one attached hydrogen (secondary N) is 1. The number of rotatable bonds is 3. The molecule has 0 spiro atoms. The number of H-pyrrole nitrogens is 1. The summed E-state index contributed by atoms with van der Waals surface area (Å²) < 4.78 is 27.7. The lowest BCUT2D eigenvalue weighted by Crippen LogP contribution is -2.09. The van der Waals surface area contributed by atoms with Crippen molar-refractivity contribution in [3.05, 3.63) is 47.0 Å². The lowest BCUT2D eigenvalue weighted by molar-refractivity contribution is 0.454. The van der Waals surface area contributed by atoms with Gasteiger partial charge in [-0.25, -0.2) is 13.4 Å². The summed E-state index contributed by atoms with van der Waals surface area (Å²) in [5.74, 6) is 0.246. The van der Waals surface area contributed by atoms with E-state index >= 15 is 0 Å². The third-order valence-electron chi connectivity index (χ3n) is 2.14. The molecule has 0 amide bonds. The van der Waals surface area contributed by atoms with E-state index in [2.05, 4.69) is 9.97 Å². The average molecular weight is 266 g/mol. The normalized spacial score (nSPS) is 11.2. The summed E-state index contributed by atoms with van der Waals surface area (Å²) in [6, 6.07) is 5.73. The highest BCUT2D eigenvalue weighted by Gasteiger charge is 2.08. The maximum Gasteiger partial charge on any atom is 0.311 e. The minimum absolute atomic E-state index is 0.0930. The van der Waals surface area contributed by atoms with Gasteiger partial charge in [0.1, 0.15) is 5.75 Å². The molecule has 2 aromatic rings. The summed E-state index contributed by atoms with van der Waals surface area (Å²) in [7, 11) is -3.24. The molecule has 0 aliphatic rings. The van der Waals surface area contributed by atoms with E-state index in [-0.39, 0.29) is 10.8 Å². The number of aromatic amines is 1. The Bertz CT molecular complexity index is 704. The Morgan fingerprint density at radius 2 is 1.89 bits per heavy atom. The van der Waals surface area contributed by atoms with Crippen LogP contribution in [0.1, 0.15) is 0 Å². The summed E-state index contributed by atoms with van der Waals surface area (Å²) >= 11 is 0. The van der Waals surface area contributed by atoms with Gasteiger partial charge in [0, 0.05) is 18.6 Å². The first-order valence-corrected chi connectivity index (χ1v) is 6.87. The molecule has 1 aromatic heterocycles. The second kappa shape index (κ2) is 4.61. The van der Waals surface area contributed by atoms with Crippen LogP contribution >= 0.6 is 0 Å². The smallest absolute Gasteiger partial charge is 0.311 e. The van der Waals surface area contributed by atoms with E-state index in [0.717, 1.165) is 6.26 Å². The van der Waals surface area contributed by atoms with Crippen LogP contribution in [-0.4, -0.2) is 24.6 Å². The van der Waals surface area contributed by atoms with Gasteiger partial charge in [0.15, 0.2) is 9.84 Å². The maximum absolute atomic E-state index is 11.3. The SMILES string of the molecule is CS(=O)(=O)c1ccc(Oc2ncc[nH]c2=O)cc1. The highest BCUT2D eigenvalue weighted by Crippen LogP contribution is 2.18. The van der Waals surface area contributed by atoms with Crippen molar-refractivity contribution in [3.63, 3.8) is 0 Å². The molecule has 0 radical (unpaired) electrons. The Balaban J connectivity index is 2.27. The van der Waals surface area contributed by atoms with Crippen LogP contribution in [-0.2, 0) is 9.84 Å². The number of aromatic nitrogens is 2. The van der Waals surface area contributed by atoms with Crippen molar-refractivity contribution in [1.82, 2.24) is 9.97 Å². The Morgan fingerprint density at radius 3 is 2.44 bits per heavy atom. The van der Waals surface area contributed by atoms with Crippen LogP contribution < -0.4 is 10.3 Å². The lowest BCUT2D eigenvalue weighted by atomic mass is 10.3. The van der Waals surface area contributed by atoms with Gasteiger partial charge >= 0.3 is 5.56 Å². The first-order chi connectivity index (χ1) is 8.47. The number of sulfone groups is 1. The van der Waals surface area contributed by atoms with Crippen LogP contribution in [0.15, 0.2) is 46.3 Å². The van der Waals surface area contributed by atoms with Crippen LogP contribution in [0.2, 0.25) is 0 Å². The maximum atomic E-state index is 11.3. The molecule has 6 nitrogen and oxygen atoms in total. The molecule has 0 atom stereocenters. The predicted molar refractivity (Wildman–Crippen MR) is 64.5 cm³/mol. The number of ether oxygens (including phenoxy) is 1. The average Bonchev–Trinajstić information content (AvgIpc) is 2.32. The molecule has 94 valence electrons. The van der Waals surface area contributed by atoms with E-state index in [0.29, 0.717) is 5.75 Å². The summed E-state index contributed by atoms with van der Waals surface area (Å²) in [4.78, 5) is 17.7. The minimum atomic E-state index is -3.24. The van der Waals surface area contributed by atoms with Crippen LogP contribution in [0.3, 0.4) is 0 Å².